The lowest BCUT2D eigenvalue weighted by Crippen LogP contribution is -2.35. The van der Waals surface area contributed by atoms with E-state index in [1.54, 1.807) is 0 Å². The molecule has 0 bridgehead atoms. The number of guanidine groups is 1. The SMILES string of the molecule is Clc1cccc(CNC2=NC(c3ccccc3)C(c3ccccc3)N2)c1. The number of halogens is 1. The Balaban J connectivity index is 1.56. The Labute approximate surface area is 158 Å². The standard InChI is InChI=1S/C22H20ClN3/c23-19-13-7-8-16(14-19)15-24-22-25-20(17-9-3-1-4-10-17)21(26-22)18-11-5-2-6-12-18/h1-14,20-21H,15H2,(H2,24,25,26). The van der Waals surface area contributed by atoms with Crippen molar-refractivity contribution in [2.24, 2.45) is 4.99 Å². The highest BCUT2D eigenvalue weighted by Crippen LogP contribution is 2.35. The molecule has 0 aliphatic carbocycles. The van der Waals surface area contributed by atoms with Gasteiger partial charge in [0.1, 0.15) is 6.04 Å². The second-order valence-corrected chi connectivity index (χ2v) is 6.79. The van der Waals surface area contributed by atoms with Crippen LogP contribution in [0.2, 0.25) is 5.02 Å². The molecule has 0 saturated carbocycles. The van der Waals surface area contributed by atoms with Crippen LogP contribution in [0.25, 0.3) is 0 Å². The molecule has 4 heteroatoms. The van der Waals surface area contributed by atoms with Crippen LogP contribution in [-0.2, 0) is 6.54 Å². The fourth-order valence-corrected chi connectivity index (χ4v) is 3.46. The van der Waals surface area contributed by atoms with Crippen molar-refractivity contribution in [2.45, 2.75) is 18.6 Å². The highest BCUT2D eigenvalue weighted by Gasteiger charge is 2.30. The minimum Gasteiger partial charge on any atom is -0.352 e. The number of rotatable bonds is 4. The predicted octanol–water partition coefficient (Wildman–Crippen LogP) is 4.87. The minimum absolute atomic E-state index is 0.0421. The first-order valence-corrected chi connectivity index (χ1v) is 9.10. The van der Waals surface area contributed by atoms with Gasteiger partial charge in [0.15, 0.2) is 5.96 Å². The van der Waals surface area contributed by atoms with Crippen LogP contribution in [-0.4, -0.2) is 5.96 Å². The van der Waals surface area contributed by atoms with Gasteiger partial charge in [-0.15, -0.1) is 0 Å². The van der Waals surface area contributed by atoms with E-state index in [9.17, 15) is 0 Å². The molecule has 0 amide bonds. The summed E-state index contributed by atoms with van der Waals surface area (Å²) >= 11 is 6.07. The van der Waals surface area contributed by atoms with Crippen molar-refractivity contribution in [3.63, 3.8) is 0 Å². The smallest absolute Gasteiger partial charge is 0.192 e. The molecule has 2 atom stereocenters. The van der Waals surface area contributed by atoms with E-state index in [4.69, 9.17) is 16.6 Å². The Kier molecular flexibility index (Phi) is 4.89. The molecule has 0 radical (unpaired) electrons. The second-order valence-electron chi connectivity index (χ2n) is 6.35. The lowest BCUT2D eigenvalue weighted by atomic mass is 9.95. The minimum atomic E-state index is 0.0421. The highest BCUT2D eigenvalue weighted by molar-refractivity contribution is 6.30. The van der Waals surface area contributed by atoms with Crippen molar-refractivity contribution in [2.75, 3.05) is 0 Å². The van der Waals surface area contributed by atoms with Gasteiger partial charge in [0.2, 0.25) is 0 Å². The van der Waals surface area contributed by atoms with E-state index >= 15 is 0 Å². The van der Waals surface area contributed by atoms with Crippen molar-refractivity contribution >= 4 is 17.6 Å². The Morgan fingerprint density at radius 2 is 1.54 bits per heavy atom. The summed E-state index contributed by atoms with van der Waals surface area (Å²) in [7, 11) is 0. The first-order chi connectivity index (χ1) is 12.8. The molecule has 3 nitrogen and oxygen atoms in total. The molecule has 3 aromatic carbocycles. The maximum Gasteiger partial charge on any atom is 0.192 e. The Morgan fingerprint density at radius 3 is 2.23 bits per heavy atom. The summed E-state index contributed by atoms with van der Waals surface area (Å²) in [5.74, 6) is 0.813. The van der Waals surface area contributed by atoms with Crippen LogP contribution >= 0.6 is 11.6 Å². The number of nitrogens with zero attached hydrogens (tertiary/aromatic N) is 1. The van der Waals surface area contributed by atoms with E-state index in [1.807, 2.05) is 30.3 Å². The van der Waals surface area contributed by atoms with Crippen molar-refractivity contribution in [1.82, 2.24) is 10.6 Å². The molecule has 0 saturated heterocycles. The van der Waals surface area contributed by atoms with Crippen molar-refractivity contribution in [1.29, 1.82) is 0 Å². The summed E-state index contributed by atoms with van der Waals surface area (Å²) in [6.07, 6.45) is 0. The zero-order valence-electron chi connectivity index (χ0n) is 14.3. The van der Waals surface area contributed by atoms with E-state index < -0.39 is 0 Å². The summed E-state index contributed by atoms with van der Waals surface area (Å²) in [6.45, 7) is 0.676. The maximum atomic E-state index is 6.07. The van der Waals surface area contributed by atoms with Crippen LogP contribution in [0.15, 0.2) is 89.9 Å². The first kappa shape index (κ1) is 16.7. The number of aliphatic imine (C=N–C) groups is 1. The zero-order valence-corrected chi connectivity index (χ0v) is 15.0. The van der Waals surface area contributed by atoms with E-state index in [0.717, 1.165) is 16.5 Å². The zero-order chi connectivity index (χ0) is 17.8. The van der Waals surface area contributed by atoms with Gasteiger partial charge in [-0.3, -0.25) is 0 Å². The van der Waals surface area contributed by atoms with Crippen molar-refractivity contribution < 1.29 is 0 Å². The topological polar surface area (TPSA) is 36.4 Å². The molecule has 0 aromatic heterocycles. The lowest BCUT2D eigenvalue weighted by Gasteiger charge is -2.19. The molecule has 0 spiro atoms. The van der Waals surface area contributed by atoms with Gasteiger partial charge in [-0.25, -0.2) is 4.99 Å². The van der Waals surface area contributed by atoms with Crippen LogP contribution in [0, 0.1) is 0 Å². The first-order valence-electron chi connectivity index (χ1n) is 8.72. The molecule has 2 N–H and O–H groups in total. The van der Waals surface area contributed by atoms with Gasteiger partial charge in [-0.1, -0.05) is 84.4 Å². The van der Waals surface area contributed by atoms with Gasteiger partial charge in [0.05, 0.1) is 6.04 Å². The van der Waals surface area contributed by atoms with Crippen LogP contribution in [0.1, 0.15) is 28.8 Å². The summed E-state index contributed by atoms with van der Waals surface area (Å²) in [5, 5.41) is 7.70. The van der Waals surface area contributed by atoms with Crippen LogP contribution in [0.5, 0.6) is 0 Å². The lowest BCUT2D eigenvalue weighted by molar-refractivity contribution is 0.570. The van der Waals surface area contributed by atoms with E-state index in [2.05, 4.69) is 65.2 Å². The van der Waals surface area contributed by atoms with Gasteiger partial charge in [0.25, 0.3) is 0 Å². The summed E-state index contributed by atoms with van der Waals surface area (Å²) < 4.78 is 0. The normalized spacial score (nSPS) is 18.9. The molecular formula is C22H20ClN3. The molecule has 0 fully saturated rings. The number of hydrogen-bond donors (Lipinski definition) is 2. The Hall–Kier alpha value is -2.78. The van der Waals surface area contributed by atoms with Gasteiger partial charge in [-0.2, -0.15) is 0 Å². The molecule has 130 valence electrons. The van der Waals surface area contributed by atoms with E-state index in [0.29, 0.717) is 6.54 Å². The van der Waals surface area contributed by atoms with Gasteiger partial charge >= 0.3 is 0 Å². The molecule has 1 aliphatic heterocycles. The second kappa shape index (κ2) is 7.63. The molecule has 1 heterocycles. The third-order valence-electron chi connectivity index (χ3n) is 4.52. The summed E-state index contributed by atoms with van der Waals surface area (Å²) in [4.78, 5) is 4.92. The van der Waals surface area contributed by atoms with E-state index in [-0.39, 0.29) is 12.1 Å². The Morgan fingerprint density at radius 1 is 0.846 bits per heavy atom. The monoisotopic (exact) mass is 361 g/mol. The van der Waals surface area contributed by atoms with Crippen molar-refractivity contribution in [3.05, 3.63) is 107 Å². The summed E-state index contributed by atoms with van der Waals surface area (Å²) in [5.41, 5.74) is 3.56. The fourth-order valence-electron chi connectivity index (χ4n) is 3.25. The predicted molar refractivity (Wildman–Crippen MR) is 107 cm³/mol. The molecule has 3 aromatic rings. The summed E-state index contributed by atoms with van der Waals surface area (Å²) in [6, 6.07) is 28.9. The number of nitrogens with one attached hydrogen (secondary N) is 2. The molecular weight excluding hydrogens is 342 g/mol. The molecule has 4 rings (SSSR count). The van der Waals surface area contributed by atoms with Gasteiger partial charge in [-0.05, 0) is 28.8 Å². The third kappa shape index (κ3) is 3.73. The average Bonchev–Trinajstić information content (AvgIpc) is 3.12. The largest absolute Gasteiger partial charge is 0.352 e. The molecule has 26 heavy (non-hydrogen) atoms. The fraction of sp³-hybridized carbons (Fsp3) is 0.136. The van der Waals surface area contributed by atoms with Crippen molar-refractivity contribution in [3.8, 4) is 0 Å². The third-order valence-corrected chi connectivity index (χ3v) is 4.76. The Bertz CT molecular complexity index is 894. The molecule has 2 unspecified atom stereocenters. The van der Waals surface area contributed by atoms with Crippen LogP contribution < -0.4 is 10.6 Å². The number of hydrogen-bond acceptors (Lipinski definition) is 3. The molecule has 1 aliphatic rings. The maximum absolute atomic E-state index is 6.07. The van der Waals surface area contributed by atoms with Gasteiger partial charge in [0, 0.05) is 11.6 Å². The highest BCUT2D eigenvalue weighted by atomic mass is 35.5. The number of benzene rings is 3. The quantitative estimate of drug-likeness (QED) is 0.695. The van der Waals surface area contributed by atoms with Crippen LogP contribution in [0.3, 0.4) is 0 Å². The van der Waals surface area contributed by atoms with Gasteiger partial charge < -0.3 is 10.6 Å². The van der Waals surface area contributed by atoms with E-state index in [1.165, 1.54) is 11.1 Å². The van der Waals surface area contributed by atoms with Crippen LogP contribution in [0.4, 0.5) is 0 Å². The average molecular weight is 362 g/mol.